The number of ether oxygens (including phenoxy) is 1. The number of aryl methyl sites for hydroxylation is 1. The molecule has 0 aromatic heterocycles. The molecule has 1 atom stereocenters. The van der Waals surface area contributed by atoms with Crippen molar-refractivity contribution in [2.24, 2.45) is 0 Å². The molecule has 3 rings (SSSR count). The van der Waals surface area contributed by atoms with Crippen molar-refractivity contribution in [3.8, 4) is 5.75 Å². The maximum Gasteiger partial charge on any atom is 0.326 e. The Bertz CT molecular complexity index is 1060. The van der Waals surface area contributed by atoms with Crippen LogP contribution in [0, 0.1) is 10.1 Å². The number of nitrogen functional groups attached to an aromatic ring is 1. The first-order valence-electron chi connectivity index (χ1n) is 9.72. The maximum absolute atomic E-state index is 11.7. The summed E-state index contributed by atoms with van der Waals surface area (Å²) in [6.07, 6.45) is 0.649. The van der Waals surface area contributed by atoms with Gasteiger partial charge in [0.15, 0.2) is 5.75 Å². The van der Waals surface area contributed by atoms with Gasteiger partial charge >= 0.3 is 11.7 Å². The number of aliphatic carboxylic acids is 1. The van der Waals surface area contributed by atoms with E-state index in [1.165, 1.54) is 6.07 Å². The highest BCUT2D eigenvalue weighted by Crippen LogP contribution is 2.29. The van der Waals surface area contributed by atoms with Crippen molar-refractivity contribution in [1.82, 2.24) is 0 Å². The summed E-state index contributed by atoms with van der Waals surface area (Å²) in [5.41, 5.74) is 8.38. The molecule has 0 heterocycles. The minimum absolute atomic E-state index is 0.135. The normalized spacial score (nSPS) is 11.5. The number of carboxylic acid groups (broad SMARTS) is 1. The van der Waals surface area contributed by atoms with Crippen LogP contribution in [0.3, 0.4) is 0 Å². The van der Waals surface area contributed by atoms with Crippen LogP contribution in [0.5, 0.6) is 5.75 Å². The highest BCUT2D eigenvalue weighted by molar-refractivity contribution is 5.79. The van der Waals surface area contributed by atoms with E-state index in [9.17, 15) is 20.0 Å². The second kappa shape index (κ2) is 10.1. The summed E-state index contributed by atoms with van der Waals surface area (Å²) in [7, 11) is 0. The molecule has 3 aromatic carbocycles. The van der Waals surface area contributed by atoms with E-state index in [0.29, 0.717) is 17.8 Å². The third-order valence-corrected chi connectivity index (χ3v) is 4.77. The molecule has 0 radical (unpaired) electrons. The first-order valence-corrected chi connectivity index (χ1v) is 9.72. The van der Waals surface area contributed by atoms with Crippen LogP contribution < -0.4 is 15.8 Å². The molecule has 0 saturated heterocycles. The van der Waals surface area contributed by atoms with E-state index in [0.717, 1.165) is 11.1 Å². The van der Waals surface area contributed by atoms with Crippen LogP contribution in [0.15, 0.2) is 72.8 Å². The van der Waals surface area contributed by atoms with Gasteiger partial charge in [0, 0.05) is 6.07 Å². The van der Waals surface area contributed by atoms with Gasteiger partial charge in [-0.3, -0.25) is 10.1 Å². The number of carboxylic acids is 1. The van der Waals surface area contributed by atoms with Gasteiger partial charge in [0.05, 0.1) is 16.3 Å². The number of nitro groups is 1. The zero-order chi connectivity index (χ0) is 22.2. The van der Waals surface area contributed by atoms with Crippen molar-refractivity contribution in [3.05, 3.63) is 94.0 Å². The molecule has 0 fully saturated rings. The lowest BCUT2D eigenvalue weighted by molar-refractivity contribution is -0.386. The predicted molar refractivity (Wildman–Crippen MR) is 118 cm³/mol. The van der Waals surface area contributed by atoms with Gasteiger partial charge < -0.3 is 20.9 Å². The number of hydrogen-bond donors (Lipinski definition) is 3. The Labute approximate surface area is 179 Å². The summed E-state index contributed by atoms with van der Waals surface area (Å²) < 4.78 is 5.70. The Kier molecular flexibility index (Phi) is 7.05. The number of nitro benzene ring substituents is 1. The zero-order valence-electron chi connectivity index (χ0n) is 16.7. The van der Waals surface area contributed by atoms with Crippen molar-refractivity contribution < 1.29 is 19.6 Å². The highest BCUT2D eigenvalue weighted by atomic mass is 16.6. The topological polar surface area (TPSA) is 128 Å². The molecule has 1 unspecified atom stereocenters. The number of anilines is 2. The summed E-state index contributed by atoms with van der Waals surface area (Å²) in [5.74, 6) is -0.857. The molecule has 8 heteroatoms. The number of nitrogens with one attached hydrogen (secondary N) is 1. The first-order chi connectivity index (χ1) is 14.9. The zero-order valence-corrected chi connectivity index (χ0v) is 16.7. The second-order valence-corrected chi connectivity index (χ2v) is 6.99. The van der Waals surface area contributed by atoms with E-state index < -0.39 is 16.9 Å². The van der Waals surface area contributed by atoms with E-state index in [1.54, 1.807) is 36.4 Å². The van der Waals surface area contributed by atoms with Gasteiger partial charge in [-0.05, 0) is 42.2 Å². The molecule has 31 heavy (non-hydrogen) atoms. The summed E-state index contributed by atoms with van der Waals surface area (Å²) in [6, 6.07) is 20.0. The molecule has 0 bridgehead atoms. The molecule has 0 aliphatic rings. The average molecular weight is 421 g/mol. The standard InChI is InChI=1S/C23H23N3O5/c24-18-8-4-5-9-19(18)25-20(23(27)28)12-10-16-11-13-21(26(29)30)22(14-16)31-15-17-6-2-1-3-7-17/h1-9,11,13-14,20,25H,10,12,15,24H2,(H,27,28). The first kappa shape index (κ1) is 21.6. The lowest BCUT2D eigenvalue weighted by atomic mass is 10.0. The SMILES string of the molecule is Nc1ccccc1NC(CCc1ccc([N+](=O)[O-])c(OCc2ccccc2)c1)C(=O)O. The van der Waals surface area contributed by atoms with Gasteiger partial charge in [-0.25, -0.2) is 4.79 Å². The number of hydrogen-bond acceptors (Lipinski definition) is 6. The molecular formula is C23H23N3O5. The Morgan fingerprint density at radius 2 is 1.77 bits per heavy atom. The molecule has 0 aliphatic carbocycles. The second-order valence-electron chi connectivity index (χ2n) is 6.99. The van der Waals surface area contributed by atoms with Crippen LogP contribution in [0.4, 0.5) is 17.1 Å². The number of benzene rings is 3. The minimum Gasteiger partial charge on any atom is -0.482 e. The maximum atomic E-state index is 11.7. The third kappa shape index (κ3) is 5.96. The Morgan fingerprint density at radius 3 is 2.45 bits per heavy atom. The van der Waals surface area contributed by atoms with Crippen LogP contribution in [0.25, 0.3) is 0 Å². The van der Waals surface area contributed by atoms with Crippen molar-refractivity contribution in [2.45, 2.75) is 25.5 Å². The van der Waals surface area contributed by atoms with E-state index >= 15 is 0 Å². The lowest BCUT2D eigenvalue weighted by Crippen LogP contribution is -2.30. The molecular weight excluding hydrogens is 398 g/mol. The molecule has 160 valence electrons. The summed E-state index contributed by atoms with van der Waals surface area (Å²) in [5, 5.41) is 23.9. The summed E-state index contributed by atoms with van der Waals surface area (Å²) >= 11 is 0. The largest absolute Gasteiger partial charge is 0.482 e. The Balaban J connectivity index is 1.71. The summed E-state index contributed by atoms with van der Waals surface area (Å²) in [6.45, 7) is 0.192. The average Bonchev–Trinajstić information content (AvgIpc) is 2.76. The number of para-hydroxylation sites is 2. The number of nitrogens with two attached hydrogens (primary N) is 1. The molecule has 3 aromatic rings. The number of nitrogens with zero attached hydrogens (tertiary/aromatic N) is 1. The molecule has 8 nitrogen and oxygen atoms in total. The Morgan fingerprint density at radius 1 is 1.06 bits per heavy atom. The van der Waals surface area contributed by atoms with E-state index in [1.807, 2.05) is 30.3 Å². The Hall–Kier alpha value is -4.07. The molecule has 4 N–H and O–H groups in total. The lowest BCUT2D eigenvalue weighted by Gasteiger charge is -2.17. The quantitative estimate of drug-likeness (QED) is 0.254. The number of rotatable bonds is 10. The van der Waals surface area contributed by atoms with Crippen LogP contribution in [0.2, 0.25) is 0 Å². The molecule has 0 aliphatic heterocycles. The third-order valence-electron chi connectivity index (χ3n) is 4.77. The van der Waals surface area contributed by atoms with Gasteiger partial charge in [0.2, 0.25) is 0 Å². The van der Waals surface area contributed by atoms with Gasteiger partial charge in [0.1, 0.15) is 12.6 Å². The van der Waals surface area contributed by atoms with Gasteiger partial charge in [-0.1, -0.05) is 48.5 Å². The fourth-order valence-electron chi connectivity index (χ4n) is 3.10. The van der Waals surface area contributed by atoms with Crippen LogP contribution in [0.1, 0.15) is 17.5 Å². The van der Waals surface area contributed by atoms with Gasteiger partial charge in [-0.15, -0.1) is 0 Å². The fraction of sp³-hybridized carbons (Fsp3) is 0.174. The molecule has 0 saturated carbocycles. The summed E-state index contributed by atoms with van der Waals surface area (Å²) in [4.78, 5) is 22.6. The van der Waals surface area contributed by atoms with E-state index in [-0.39, 0.29) is 24.5 Å². The van der Waals surface area contributed by atoms with Crippen molar-refractivity contribution in [1.29, 1.82) is 0 Å². The highest BCUT2D eigenvalue weighted by Gasteiger charge is 2.20. The van der Waals surface area contributed by atoms with Crippen LogP contribution in [-0.4, -0.2) is 22.0 Å². The van der Waals surface area contributed by atoms with Gasteiger partial charge in [-0.2, -0.15) is 0 Å². The minimum atomic E-state index is -1.01. The van der Waals surface area contributed by atoms with Gasteiger partial charge in [0.25, 0.3) is 0 Å². The molecule has 0 amide bonds. The fourth-order valence-corrected chi connectivity index (χ4v) is 3.10. The van der Waals surface area contributed by atoms with Crippen LogP contribution >= 0.6 is 0 Å². The van der Waals surface area contributed by atoms with Crippen molar-refractivity contribution in [2.75, 3.05) is 11.1 Å². The van der Waals surface area contributed by atoms with E-state index in [4.69, 9.17) is 10.5 Å². The monoisotopic (exact) mass is 421 g/mol. The van der Waals surface area contributed by atoms with Crippen molar-refractivity contribution in [3.63, 3.8) is 0 Å². The molecule has 0 spiro atoms. The van der Waals surface area contributed by atoms with Crippen molar-refractivity contribution >= 4 is 23.0 Å². The predicted octanol–water partition coefficient (Wildman–Crippen LogP) is 4.25. The van der Waals surface area contributed by atoms with Crippen LogP contribution in [-0.2, 0) is 17.8 Å². The number of carbonyl (C=O) groups is 1. The van der Waals surface area contributed by atoms with E-state index in [2.05, 4.69) is 5.32 Å². The smallest absolute Gasteiger partial charge is 0.326 e.